The Morgan fingerprint density at radius 1 is 1.17 bits per heavy atom. The molecule has 0 spiro atoms. The number of hydrogen-bond donors (Lipinski definition) is 1. The van der Waals surface area contributed by atoms with Crippen LogP contribution in [0.4, 0.5) is 14.7 Å². The van der Waals surface area contributed by atoms with Crippen LogP contribution in [0.5, 0.6) is 0 Å². The van der Waals surface area contributed by atoms with Crippen molar-refractivity contribution in [2.24, 2.45) is 5.92 Å². The summed E-state index contributed by atoms with van der Waals surface area (Å²) in [6.45, 7) is 6.65. The third-order valence-corrected chi connectivity index (χ3v) is 3.58. The molecule has 1 aromatic carbocycles. The number of nitrogen functional groups attached to an aromatic ring is 1. The Bertz CT molecular complexity index is 886. The van der Waals surface area contributed by atoms with E-state index in [1.54, 1.807) is 6.07 Å². The number of nitrogens with two attached hydrogens (primary N) is 1. The zero-order chi connectivity index (χ0) is 16.7. The highest BCUT2D eigenvalue weighted by Gasteiger charge is 2.17. The molecule has 2 aromatic heterocycles. The number of imidazole rings is 1. The molecule has 5 nitrogen and oxygen atoms in total. The van der Waals surface area contributed by atoms with Crippen molar-refractivity contribution in [2.45, 2.75) is 27.3 Å². The monoisotopic (exact) mass is 317 g/mol. The van der Waals surface area contributed by atoms with Crippen LogP contribution in [0, 0.1) is 24.5 Å². The number of hydrogen-bond acceptors (Lipinski definition) is 4. The summed E-state index contributed by atoms with van der Waals surface area (Å²) in [4.78, 5) is 11.8. The van der Waals surface area contributed by atoms with Gasteiger partial charge in [-0.15, -0.1) is 0 Å². The molecule has 0 atom stereocenters. The van der Waals surface area contributed by atoms with Crippen LogP contribution >= 0.6 is 0 Å². The van der Waals surface area contributed by atoms with E-state index in [9.17, 15) is 8.78 Å². The zero-order valence-electron chi connectivity index (χ0n) is 13.1. The number of fused-ring (bicyclic) bond motifs is 1. The highest BCUT2D eigenvalue weighted by atomic mass is 19.1. The second kappa shape index (κ2) is 5.57. The largest absolute Gasteiger partial charge is 0.368 e. The van der Waals surface area contributed by atoms with Crippen LogP contribution in [0.15, 0.2) is 18.3 Å². The highest BCUT2D eigenvalue weighted by molar-refractivity contribution is 5.82. The first kappa shape index (κ1) is 15.3. The van der Waals surface area contributed by atoms with E-state index in [-0.39, 0.29) is 17.2 Å². The summed E-state index contributed by atoms with van der Waals surface area (Å²) >= 11 is 0. The van der Waals surface area contributed by atoms with Crippen LogP contribution in [0.2, 0.25) is 0 Å². The van der Waals surface area contributed by atoms with Crippen molar-refractivity contribution in [3.05, 3.63) is 35.8 Å². The third-order valence-electron chi connectivity index (χ3n) is 3.58. The molecule has 0 aliphatic rings. The summed E-state index contributed by atoms with van der Waals surface area (Å²) in [6.07, 6.45) is 0.983. The molecule has 2 N–H and O–H groups in total. The van der Waals surface area contributed by atoms with E-state index >= 15 is 0 Å². The van der Waals surface area contributed by atoms with Crippen LogP contribution in [-0.2, 0) is 6.54 Å². The molecule has 0 bridgehead atoms. The van der Waals surface area contributed by atoms with E-state index in [1.165, 1.54) is 6.07 Å². The van der Waals surface area contributed by atoms with E-state index in [4.69, 9.17) is 5.73 Å². The topological polar surface area (TPSA) is 69.6 Å². The van der Waals surface area contributed by atoms with Gasteiger partial charge in [0.1, 0.15) is 17.0 Å². The van der Waals surface area contributed by atoms with E-state index in [0.717, 1.165) is 6.20 Å². The molecule has 0 fully saturated rings. The molecule has 0 amide bonds. The first-order chi connectivity index (χ1) is 10.9. The van der Waals surface area contributed by atoms with Gasteiger partial charge in [0.05, 0.1) is 11.7 Å². The molecule has 2 heterocycles. The van der Waals surface area contributed by atoms with Crippen LogP contribution in [-0.4, -0.2) is 19.5 Å². The van der Waals surface area contributed by atoms with Crippen molar-refractivity contribution >= 4 is 17.0 Å². The lowest BCUT2D eigenvalue weighted by Crippen LogP contribution is -2.06. The lowest BCUT2D eigenvalue weighted by molar-refractivity contribution is 0.524. The lowest BCUT2D eigenvalue weighted by Gasteiger charge is -2.10. The third kappa shape index (κ3) is 2.74. The normalized spacial score (nSPS) is 11.6. The summed E-state index contributed by atoms with van der Waals surface area (Å²) in [7, 11) is 0. The standard InChI is InChI=1S/C16H17F2N5/c1-8(2)7-23-9(3)21-15-11(17)4-10(5-13(15)23)14-12(18)6-20-16(19)22-14/h4-6,8H,7H2,1-3H3,(H2,19,20,22). The van der Waals surface area contributed by atoms with E-state index in [0.29, 0.717) is 29.4 Å². The highest BCUT2D eigenvalue weighted by Crippen LogP contribution is 2.28. The molecule has 3 aromatic rings. The Balaban J connectivity index is 2.25. The maximum atomic E-state index is 14.4. The molecular weight excluding hydrogens is 300 g/mol. The van der Waals surface area contributed by atoms with Crippen molar-refractivity contribution in [2.75, 3.05) is 5.73 Å². The second-order valence-electron chi connectivity index (χ2n) is 5.91. The van der Waals surface area contributed by atoms with Gasteiger partial charge in [0.15, 0.2) is 11.6 Å². The molecule has 23 heavy (non-hydrogen) atoms. The van der Waals surface area contributed by atoms with Crippen molar-refractivity contribution in [1.29, 1.82) is 0 Å². The quantitative estimate of drug-likeness (QED) is 0.804. The van der Waals surface area contributed by atoms with E-state index in [2.05, 4.69) is 28.8 Å². The minimum absolute atomic E-state index is 0.0201. The Morgan fingerprint density at radius 3 is 2.61 bits per heavy atom. The molecule has 0 aliphatic heterocycles. The number of rotatable bonds is 3. The number of nitrogens with zero attached hydrogens (tertiary/aromatic N) is 4. The Hall–Kier alpha value is -2.57. The molecular formula is C16H17F2N5. The van der Waals surface area contributed by atoms with Gasteiger partial charge >= 0.3 is 0 Å². The van der Waals surface area contributed by atoms with Crippen molar-refractivity contribution in [1.82, 2.24) is 19.5 Å². The first-order valence-electron chi connectivity index (χ1n) is 7.31. The summed E-state index contributed by atoms with van der Waals surface area (Å²) in [5.74, 6) is -0.144. The van der Waals surface area contributed by atoms with Gasteiger partial charge in [0.2, 0.25) is 5.95 Å². The summed E-state index contributed by atoms with van der Waals surface area (Å²) in [5, 5.41) is 0. The number of halogens is 2. The first-order valence-corrected chi connectivity index (χ1v) is 7.31. The fourth-order valence-corrected chi connectivity index (χ4v) is 2.61. The summed E-state index contributed by atoms with van der Waals surface area (Å²) < 4.78 is 30.3. The van der Waals surface area contributed by atoms with Crippen LogP contribution < -0.4 is 5.73 Å². The Kier molecular flexibility index (Phi) is 3.71. The molecule has 120 valence electrons. The fourth-order valence-electron chi connectivity index (χ4n) is 2.61. The Morgan fingerprint density at radius 2 is 1.91 bits per heavy atom. The molecule has 3 rings (SSSR count). The molecule has 0 aliphatic carbocycles. The van der Waals surface area contributed by atoms with E-state index in [1.807, 2.05) is 11.5 Å². The molecule has 0 saturated carbocycles. The fraction of sp³-hybridized carbons (Fsp3) is 0.312. The zero-order valence-corrected chi connectivity index (χ0v) is 13.1. The SMILES string of the molecule is Cc1nc2c(F)cc(-c3nc(N)ncc3F)cc2n1CC(C)C. The van der Waals surface area contributed by atoms with E-state index < -0.39 is 11.6 Å². The maximum Gasteiger partial charge on any atom is 0.220 e. The number of aromatic nitrogens is 4. The predicted molar refractivity (Wildman–Crippen MR) is 84.7 cm³/mol. The summed E-state index contributed by atoms with van der Waals surface area (Å²) in [6, 6.07) is 2.91. The minimum Gasteiger partial charge on any atom is -0.368 e. The predicted octanol–water partition coefficient (Wildman–Crippen LogP) is 3.32. The van der Waals surface area contributed by atoms with Crippen LogP contribution in [0.25, 0.3) is 22.3 Å². The van der Waals surface area contributed by atoms with Gasteiger partial charge in [-0.05, 0) is 25.0 Å². The van der Waals surface area contributed by atoms with Crippen molar-refractivity contribution in [3.8, 4) is 11.3 Å². The average molecular weight is 317 g/mol. The molecule has 0 unspecified atom stereocenters. The van der Waals surface area contributed by atoms with Crippen molar-refractivity contribution < 1.29 is 8.78 Å². The van der Waals surface area contributed by atoms with Crippen LogP contribution in [0.3, 0.4) is 0 Å². The van der Waals surface area contributed by atoms with Gasteiger partial charge in [0, 0.05) is 12.1 Å². The van der Waals surface area contributed by atoms with Gasteiger partial charge in [-0.1, -0.05) is 13.8 Å². The second-order valence-corrected chi connectivity index (χ2v) is 5.91. The van der Waals surface area contributed by atoms with Gasteiger partial charge in [-0.2, -0.15) is 0 Å². The molecule has 7 heteroatoms. The minimum atomic E-state index is -0.649. The lowest BCUT2D eigenvalue weighted by atomic mass is 10.1. The number of aryl methyl sites for hydroxylation is 1. The van der Waals surface area contributed by atoms with Gasteiger partial charge in [-0.3, -0.25) is 0 Å². The van der Waals surface area contributed by atoms with Gasteiger partial charge < -0.3 is 10.3 Å². The molecule has 0 radical (unpaired) electrons. The van der Waals surface area contributed by atoms with Gasteiger partial charge in [0.25, 0.3) is 0 Å². The smallest absolute Gasteiger partial charge is 0.220 e. The van der Waals surface area contributed by atoms with Crippen molar-refractivity contribution in [3.63, 3.8) is 0 Å². The maximum absolute atomic E-state index is 14.4. The Labute approximate surface area is 132 Å². The van der Waals surface area contributed by atoms with Crippen LogP contribution in [0.1, 0.15) is 19.7 Å². The average Bonchev–Trinajstić information content (AvgIpc) is 2.78. The summed E-state index contributed by atoms with van der Waals surface area (Å²) in [5.41, 5.74) is 6.69. The number of benzene rings is 1. The molecule has 0 saturated heterocycles. The number of anilines is 1. The van der Waals surface area contributed by atoms with Gasteiger partial charge in [-0.25, -0.2) is 23.7 Å².